The summed E-state index contributed by atoms with van der Waals surface area (Å²) >= 11 is 0. The third-order valence-corrected chi connectivity index (χ3v) is 4.16. The van der Waals surface area contributed by atoms with Crippen LogP contribution in [-0.4, -0.2) is 39.6 Å². The fraction of sp³-hybridized carbons (Fsp3) is 0.692. The molecule has 0 bridgehead atoms. The van der Waals surface area contributed by atoms with Crippen LogP contribution in [0.2, 0.25) is 0 Å². The number of rotatable bonds is 1. The van der Waals surface area contributed by atoms with E-state index in [0.29, 0.717) is 5.69 Å². The molecule has 0 radical (unpaired) electrons. The number of hydrogen-bond donors (Lipinski definition) is 2. The highest BCUT2D eigenvalue weighted by Gasteiger charge is 2.37. The predicted molar refractivity (Wildman–Crippen MR) is 75.6 cm³/mol. The molecular weight excluding hydrogens is 264 g/mol. The second kappa shape index (κ2) is 5.13. The van der Waals surface area contributed by atoms with Gasteiger partial charge >= 0.3 is 0 Å². The Labute approximate surface area is 119 Å². The zero-order valence-corrected chi connectivity index (χ0v) is 12.3. The van der Waals surface area contributed by atoms with Crippen molar-refractivity contribution >= 4 is 18.3 Å². The summed E-state index contributed by atoms with van der Waals surface area (Å²) in [4.78, 5) is 14.6. The van der Waals surface area contributed by atoms with Gasteiger partial charge in [0.15, 0.2) is 5.69 Å². The summed E-state index contributed by atoms with van der Waals surface area (Å²) in [7, 11) is 0. The Morgan fingerprint density at radius 3 is 2.89 bits per heavy atom. The maximum atomic E-state index is 12.6. The van der Waals surface area contributed by atoms with Crippen LogP contribution in [0.1, 0.15) is 48.4 Å². The van der Waals surface area contributed by atoms with Crippen molar-refractivity contribution in [3.8, 4) is 0 Å². The van der Waals surface area contributed by atoms with Crippen LogP contribution in [0, 0.1) is 0 Å². The van der Waals surface area contributed by atoms with Crippen molar-refractivity contribution in [3.63, 3.8) is 0 Å². The number of aromatic nitrogens is 2. The van der Waals surface area contributed by atoms with E-state index < -0.39 is 0 Å². The third-order valence-electron chi connectivity index (χ3n) is 4.16. The molecule has 1 saturated heterocycles. The molecule has 2 aliphatic heterocycles. The molecule has 0 spiro atoms. The number of likely N-dealkylation sites (tertiary alicyclic amines) is 1. The van der Waals surface area contributed by atoms with Gasteiger partial charge in [0, 0.05) is 42.9 Å². The van der Waals surface area contributed by atoms with E-state index in [9.17, 15) is 4.79 Å². The first kappa shape index (κ1) is 14.3. The van der Waals surface area contributed by atoms with Crippen molar-refractivity contribution in [3.05, 3.63) is 17.0 Å². The van der Waals surface area contributed by atoms with Gasteiger partial charge in [-0.25, -0.2) is 0 Å². The maximum absolute atomic E-state index is 12.6. The number of amides is 1. The standard InChI is InChI=1S/C13H20N4O.ClH/c1-13(2)5-3-7-17(13)12(18)11-9-8-14-6-4-10(9)15-16-11;/h14H,3-8H2,1-2H3,(H,15,16);1H. The molecule has 5 nitrogen and oxygen atoms in total. The zero-order chi connectivity index (χ0) is 12.8. The number of H-pyrrole nitrogens is 1. The topological polar surface area (TPSA) is 61.0 Å². The number of fused-ring (bicyclic) bond motifs is 1. The summed E-state index contributed by atoms with van der Waals surface area (Å²) in [5.41, 5.74) is 2.76. The number of carbonyl (C=O) groups excluding carboxylic acids is 1. The lowest BCUT2D eigenvalue weighted by atomic mass is 10.0. The first-order valence-corrected chi connectivity index (χ1v) is 6.68. The van der Waals surface area contributed by atoms with Crippen molar-refractivity contribution in [2.45, 2.75) is 45.2 Å². The van der Waals surface area contributed by atoms with Crippen LogP contribution < -0.4 is 5.32 Å². The molecule has 0 atom stereocenters. The lowest BCUT2D eigenvalue weighted by molar-refractivity contribution is 0.0644. The van der Waals surface area contributed by atoms with Gasteiger partial charge in [-0.1, -0.05) is 0 Å². The minimum absolute atomic E-state index is 0. The highest BCUT2D eigenvalue weighted by molar-refractivity contribution is 5.94. The van der Waals surface area contributed by atoms with E-state index >= 15 is 0 Å². The Morgan fingerprint density at radius 2 is 2.21 bits per heavy atom. The number of hydrogen-bond acceptors (Lipinski definition) is 3. The molecule has 0 aromatic carbocycles. The molecule has 1 fully saturated rings. The predicted octanol–water partition coefficient (Wildman–Crippen LogP) is 1.49. The van der Waals surface area contributed by atoms with E-state index in [-0.39, 0.29) is 23.9 Å². The van der Waals surface area contributed by atoms with Crippen LogP contribution in [-0.2, 0) is 13.0 Å². The van der Waals surface area contributed by atoms with Crippen LogP contribution in [0.3, 0.4) is 0 Å². The maximum Gasteiger partial charge on any atom is 0.275 e. The number of nitrogens with one attached hydrogen (secondary N) is 2. The minimum atomic E-state index is -0.0367. The highest BCUT2D eigenvalue weighted by Crippen LogP contribution is 2.30. The fourth-order valence-electron chi connectivity index (χ4n) is 3.01. The molecule has 106 valence electrons. The average molecular weight is 285 g/mol. The molecule has 0 saturated carbocycles. The Morgan fingerprint density at radius 1 is 1.42 bits per heavy atom. The van der Waals surface area contributed by atoms with E-state index in [1.54, 1.807) is 0 Å². The molecule has 19 heavy (non-hydrogen) atoms. The summed E-state index contributed by atoms with van der Waals surface area (Å²) < 4.78 is 0. The summed E-state index contributed by atoms with van der Waals surface area (Å²) in [6, 6.07) is 0. The molecule has 1 amide bonds. The van der Waals surface area contributed by atoms with Gasteiger partial charge in [0.05, 0.1) is 0 Å². The Hall–Kier alpha value is -1.07. The molecule has 0 aliphatic carbocycles. The van der Waals surface area contributed by atoms with Crippen LogP contribution >= 0.6 is 12.4 Å². The number of nitrogens with zero attached hydrogens (tertiary/aromatic N) is 2. The SMILES string of the molecule is CC1(C)CCCN1C(=O)c1n[nH]c2c1CNCC2.Cl. The minimum Gasteiger partial charge on any atom is -0.332 e. The van der Waals surface area contributed by atoms with Gasteiger partial charge < -0.3 is 10.2 Å². The molecule has 1 aromatic rings. The lowest BCUT2D eigenvalue weighted by Crippen LogP contribution is -2.43. The molecule has 0 unspecified atom stereocenters. The molecule has 2 N–H and O–H groups in total. The van der Waals surface area contributed by atoms with Crippen molar-refractivity contribution < 1.29 is 4.79 Å². The normalized spacial score (nSPS) is 20.8. The molecular formula is C13H21ClN4O. The fourth-order valence-corrected chi connectivity index (χ4v) is 3.01. The van der Waals surface area contributed by atoms with E-state index in [2.05, 4.69) is 29.4 Å². The van der Waals surface area contributed by atoms with Crippen molar-refractivity contribution in [2.75, 3.05) is 13.1 Å². The van der Waals surface area contributed by atoms with Gasteiger partial charge in [0.2, 0.25) is 0 Å². The van der Waals surface area contributed by atoms with E-state index in [0.717, 1.165) is 50.2 Å². The van der Waals surface area contributed by atoms with Gasteiger partial charge in [-0.15, -0.1) is 12.4 Å². The monoisotopic (exact) mass is 284 g/mol. The zero-order valence-electron chi connectivity index (χ0n) is 11.5. The summed E-state index contributed by atoms with van der Waals surface area (Å²) in [6.07, 6.45) is 3.09. The Balaban J connectivity index is 0.00000133. The van der Waals surface area contributed by atoms with Gasteiger partial charge in [0.25, 0.3) is 5.91 Å². The molecule has 2 aliphatic rings. The summed E-state index contributed by atoms with van der Waals surface area (Å²) in [6.45, 7) is 6.82. The highest BCUT2D eigenvalue weighted by atomic mass is 35.5. The van der Waals surface area contributed by atoms with E-state index in [4.69, 9.17) is 0 Å². The number of halogens is 1. The molecule has 6 heteroatoms. The van der Waals surface area contributed by atoms with Crippen LogP contribution in [0.25, 0.3) is 0 Å². The summed E-state index contributed by atoms with van der Waals surface area (Å²) in [5, 5.41) is 10.6. The smallest absolute Gasteiger partial charge is 0.275 e. The largest absolute Gasteiger partial charge is 0.332 e. The van der Waals surface area contributed by atoms with Crippen LogP contribution in [0.4, 0.5) is 0 Å². The average Bonchev–Trinajstić information content (AvgIpc) is 2.91. The second-order valence-corrected chi connectivity index (χ2v) is 5.83. The van der Waals surface area contributed by atoms with Gasteiger partial charge in [0.1, 0.15) is 0 Å². The van der Waals surface area contributed by atoms with Crippen molar-refractivity contribution in [1.82, 2.24) is 20.4 Å². The van der Waals surface area contributed by atoms with Gasteiger partial charge in [-0.2, -0.15) is 5.10 Å². The van der Waals surface area contributed by atoms with Gasteiger partial charge in [-0.3, -0.25) is 9.89 Å². The summed E-state index contributed by atoms with van der Waals surface area (Å²) in [5.74, 6) is 0.0821. The molecule has 1 aromatic heterocycles. The van der Waals surface area contributed by atoms with E-state index in [1.165, 1.54) is 0 Å². The third kappa shape index (κ3) is 2.37. The Bertz CT molecular complexity index is 483. The second-order valence-electron chi connectivity index (χ2n) is 5.83. The lowest BCUT2D eigenvalue weighted by Gasteiger charge is -2.31. The van der Waals surface area contributed by atoms with E-state index in [1.807, 2.05) is 4.90 Å². The van der Waals surface area contributed by atoms with Crippen molar-refractivity contribution in [2.24, 2.45) is 0 Å². The van der Waals surface area contributed by atoms with Crippen molar-refractivity contribution in [1.29, 1.82) is 0 Å². The first-order chi connectivity index (χ1) is 8.59. The van der Waals surface area contributed by atoms with Crippen LogP contribution in [0.5, 0.6) is 0 Å². The molecule has 3 rings (SSSR count). The van der Waals surface area contributed by atoms with Gasteiger partial charge in [-0.05, 0) is 26.7 Å². The first-order valence-electron chi connectivity index (χ1n) is 6.68. The number of aromatic amines is 1. The Kier molecular flexibility index (Phi) is 3.87. The molecule has 3 heterocycles. The number of carbonyl (C=O) groups is 1. The quantitative estimate of drug-likeness (QED) is 0.821. The van der Waals surface area contributed by atoms with Crippen LogP contribution in [0.15, 0.2) is 0 Å².